The number of aromatic nitrogens is 2. The van der Waals surface area contributed by atoms with Crippen LogP contribution in [0.1, 0.15) is 17.4 Å². The van der Waals surface area contributed by atoms with Gasteiger partial charge >= 0.3 is 0 Å². The van der Waals surface area contributed by atoms with E-state index >= 15 is 0 Å². The van der Waals surface area contributed by atoms with Crippen molar-refractivity contribution in [3.8, 4) is 44.9 Å². The molecule has 0 aliphatic carbocycles. The molecule has 0 saturated carbocycles. The zero-order valence-electron chi connectivity index (χ0n) is 24.2. The fourth-order valence-corrected chi connectivity index (χ4v) is 6.75. The van der Waals surface area contributed by atoms with E-state index in [9.17, 15) is 0 Å². The van der Waals surface area contributed by atoms with Gasteiger partial charge < -0.3 is 0 Å². The topological polar surface area (TPSA) is 25.8 Å². The number of rotatable bonds is 6. The third-order valence-corrected chi connectivity index (χ3v) is 8.95. The lowest BCUT2D eigenvalue weighted by Crippen LogP contribution is -1.95. The Morgan fingerprint density at radius 3 is 1.86 bits per heavy atom. The van der Waals surface area contributed by atoms with Gasteiger partial charge in [0.1, 0.15) is 0 Å². The lowest BCUT2D eigenvalue weighted by molar-refractivity contribution is 1.23. The largest absolute Gasteiger partial charge is 0.227 e. The Labute approximate surface area is 256 Å². The van der Waals surface area contributed by atoms with Crippen LogP contribution >= 0.6 is 11.3 Å². The van der Waals surface area contributed by atoms with Crippen LogP contribution in [0.25, 0.3) is 72.0 Å². The molecule has 0 N–H and O–H groups in total. The molecule has 0 bridgehead atoms. The van der Waals surface area contributed by atoms with Crippen molar-refractivity contribution in [3.63, 3.8) is 0 Å². The summed E-state index contributed by atoms with van der Waals surface area (Å²) in [5.74, 6) is 0.737. The molecule has 43 heavy (non-hydrogen) atoms. The number of thiophene rings is 1. The summed E-state index contributed by atoms with van der Waals surface area (Å²) in [6.07, 6.45) is 8.42. The van der Waals surface area contributed by atoms with Crippen molar-refractivity contribution in [2.45, 2.75) is 13.8 Å². The minimum atomic E-state index is 0.737. The highest BCUT2D eigenvalue weighted by Gasteiger charge is 2.17. The van der Waals surface area contributed by atoms with Crippen LogP contribution in [0.3, 0.4) is 0 Å². The smallest absolute Gasteiger partial charge is 0.160 e. The van der Waals surface area contributed by atoms with Gasteiger partial charge in [0, 0.05) is 26.8 Å². The van der Waals surface area contributed by atoms with Crippen molar-refractivity contribution >= 4 is 38.4 Å². The number of fused-ring (bicyclic) bond motifs is 3. The van der Waals surface area contributed by atoms with E-state index < -0.39 is 0 Å². The maximum absolute atomic E-state index is 5.23. The van der Waals surface area contributed by atoms with Crippen LogP contribution in [0.4, 0.5) is 0 Å². The number of aryl methyl sites for hydroxylation is 1. The predicted molar refractivity (Wildman–Crippen MR) is 185 cm³/mol. The molecule has 3 heteroatoms. The second-order valence-corrected chi connectivity index (χ2v) is 11.8. The van der Waals surface area contributed by atoms with Crippen LogP contribution in [0.2, 0.25) is 0 Å². The van der Waals surface area contributed by atoms with E-state index in [4.69, 9.17) is 9.97 Å². The summed E-state index contributed by atoms with van der Waals surface area (Å²) < 4.78 is 1.20. The van der Waals surface area contributed by atoms with Crippen molar-refractivity contribution in [2.75, 3.05) is 0 Å². The van der Waals surface area contributed by atoms with Gasteiger partial charge in [0.15, 0.2) is 5.82 Å². The highest BCUT2D eigenvalue weighted by molar-refractivity contribution is 7.20. The maximum Gasteiger partial charge on any atom is 0.160 e. The molecule has 0 unspecified atom stereocenters. The summed E-state index contributed by atoms with van der Waals surface area (Å²) in [4.78, 5) is 11.7. The van der Waals surface area contributed by atoms with Crippen LogP contribution < -0.4 is 0 Å². The van der Waals surface area contributed by atoms with E-state index in [0.29, 0.717) is 0 Å². The van der Waals surface area contributed by atoms with Crippen LogP contribution in [0.15, 0.2) is 140 Å². The summed E-state index contributed by atoms with van der Waals surface area (Å²) in [5, 5.41) is 2.30. The van der Waals surface area contributed by atoms with Crippen LogP contribution in [-0.4, -0.2) is 9.97 Å². The third-order valence-electron chi connectivity index (χ3n) is 7.81. The minimum Gasteiger partial charge on any atom is -0.227 e. The lowest BCUT2D eigenvalue weighted by atomic mass is 9.98. The summed E-state index contributed by atoms with van der Waals surface area (Å²) in [5.41, 5.74) is 10.1. The van der Waals surface area contributed by atoms with Crippen molar-refractivity contribution in [3.05, 3.63) is 150 Å². The van der Waals surface area contributed by atoms with E-state index in [1.807, 2.05) is 30.4 Å². The van der Waals surface area contributed by atoms with Crippen molar-refractivity contribution in [1.82, 2.24) is 9.97 Å². The molecule has 7 rings (SSSR count). The lowest BCUT2D eigenvalue weighted by Gasteiger charge is -2.11. The van der Waals surface area contributed by atoms with Gasteiger partial charge in [-0.1, -0.05) is 133 Å². The number of benzene rings is 5. The molecule has 2 nitrogen and oxygen atoms in total. The maximum atomic E-state index is 5.23. The SMILES string of the molecule is C/C=C\C=C/c1c(C)sc2c1ccc1c(-c3ccccc3)nc(-c3ccc(-c4cccc(-c5ccccc5)c4)cc3)nc12. The Morgan fingerprint density at radius 2 is 1.16 bits per heavy atom. The Balaban J connectivity index is 1.36. The molecular weight excluding hydrogens is 541 g/mol. The fraction of sp³-hybridized carbons (Fsp3) is 0.0500. The van der Waals surface area contributed by atoms with E-state index in [1.54, 1.807) is 0 Å². The van der Waals surface area contributed by atoms with Crippen molar-refractivity contribution in [1.29, 1.82) is 0 Å². The number of nitrogens with zero attached hydrogens (tertiary/aromatic N) is 2. The third kappa shape index (κ3) is 5.20. The summed E-state index contributed by atoms with van der Waals surface area (Å²) in [7, 11) is 0. The summed E-state index contributed by atoms with van der Waals surface area (Å²) in [6, 6.07) is 42.7. The molecule has 2 aromatic heterocycles. The fourth-order valence-electron chi connectivity index (χ4n) is 5.62. The molecule has 0 atom stereocenters. The monoisotopic (exact) mass is 570 g/mol. The van der Waals surface area contributed by atoms with Gasteiger partial charge in [-0.3, -0.25) is 0 Å². The van der Waals surface area contributed by atoms with E-state index in [-0.39, 0.29) is 0 Å². The predicted octanol–water partition coefficient (Wildman–Crippen LogP) is 11.4. The van der Waals surface area contributed by atoms with Crippen LogP contribution in [-0.2, 0) is 0 Å². The van der Waals surface area contributed by atoms with E-state index in [0.717, 1.165) is 33.5 Å². The first-order chi connectivity index (χ1) is 21.2. The number of hydrogen-bond acceptors (Lipinski definition) is 3. The summed E-state index contributed by atoms with van der Waals surface area (Å²) in [6.45, 7) is 4.23. The molecule has 0 spiro atoms. The standard InChI is InChI=1S/C40H30N2S/c1-3-4-7-19-34-27(2)43-39-35(34)24-25-36-37(30-15-10-6-11-16-30)41-40(42-38(36)39)31-22-20-29(21-23-31)33-18-12-17-32(26-33)28-13-8-5-9-14-28/h3-26H,1-2H3/b4-3-,19-7-. The van der Waals surface area contributed by atoms with Crippen molar-refractivity contribution in [2.24, 2.45) is 0 Å². The van der Waals surface area contributed by atoms with Gasteiger partial charge in [0.2, 0.25) is 0 Å². The first-order valence-corrected chi connectivity index (χ1v) is 15.4. The number of allylic oxidation sites excluding steroid dienone is 3. The molecule has 2 heterocycles. The normalized spacial score (nSPS) is 11.8. The average molecular weight is 571 g/mol. The minimum absolute atomic E-state index is 0.737. The van der Waals surface area contributed by atoms with Crippen LogP contribution in [0, 0.1) is 6.92 Å². The second kappa shape index (κ2) is 11.6. The molecule has 5 aromatic carbocycles. The molecule has 206 valence electrons. The van der Waals surface area contributed by atoms with Gasteiger partial charge in [-0.25, -0.2) is 9.97 Å². The molecule has 0 radical (unpaired) electrons. The van der Waals surface area contributed by atoms with Crippen molar-refractivity contribution < 1.29 is 0 Å². The average Bonchev–Trinajstić information content (AvgIpc) is 3.40. The molecule has 0 aliphatic rings. The Bertz CT molecular complexity index is 2120. The molecule has 0 saturated heterocycles. The molecule has 0 aliphatic heterocycles. The Kier molecular flexibility index (Phi) is 7.24. The number of hydrogen-bond donors (Lipinski definition) is 0. The zero-order chi connectivity index (χ0) is 29.2. The van der Waals surface area contributed by atoms with E-state index in [1.165, 1.54) is 42.8 Å². The highest BCUT2D eigenvalue weighted by atomic mass is 32.1. The first kappa shape index (κ1) is 26.8. The van der Waals surface area contributed by atoms with E-state index in [2.05, 4.69) is 140 Å². The quantitative estimate of drug-likeness (QED) is 0.186. The molecular formula is C40H30N2S. The molecule has 7 aromatic rings. The Morgan fingerprint density at radius 1 is 0.558 bits per heavy atom. The van der Waals surface area contributed by atoms with Gasteiger partial charge in [-0.05, 0) is 53.8 Å². The van der Waals surface area contributed by atoms with Crippen LogP contribution in [0.5, 0.6) is 0 Å². The molecule has 0 amide bonds. The van der Waals surface area contributed by atoms with Gasteiger partial charge in [-0.2, -0.15) is 0 Å². The Hall–Kier alpha value is -5.12. The van der Waals surface area contributed by atoms with Gasteiger partial charge in [0.25, 0.3) is 0 Å². The summed E-state index contributed by atoms with van der Waals surface area (Å²) >= 11 is 1.81. The first-order valence-electron chi connectivity index (χ1n) is 14.5. The van der Waals surface area contributed by atoms with Gasteiger partial charge in [0.05, 0.1) is 15.9 Å². The second-order valence-electron chi connectivity index (χ2n) is 10.6. The highest BCUT2D eigenvalue weighted by Crippen LogP contribution is 2.40. The van der Waals surface area contributed by atoms with Gasteiger partial charge in [-0.15, -0.1) is 11.3 Å². The molecule has 0 fully saturated rings. The zero-order valence-corrected chi connectivity index (χ0v) is 25.0.